The Labute approximate surface area is 155 Å². The molecule has 3 aromatic rings. The van der Waals surface area contributed by atoms with Crippen LogP contribution in [0.3, 0.4) is 0 Å². The van der Waals surface area contributed by atoms with Gasteiger partial charge in [-0.05, 0) is 49.4 Å². The molecule has 1 N–H and O–H groups in total. The van der Waals surface area contributed by atoms with Gasteiger partial charge in [-0.2, -0.15) is 5.10 Å². The summed E-state index contributed by atoms with van der Waals surface area (Å²) in [4.78, 5) is 14.5. The molecule has 0 bridgehead atoms. The predicted octanol–water partition coefficient (Wildman–Crippen LogP) is 3.99. The lowest BCUT2D eigenvalue weighted by Gasteiger charge is -2.31. The first kappa shape index (κ1) is 17.2. The normalized spacial score (nSPS) is 16.3. The number of nitrogens with zero attached hydrogens (tertiary/aromatic N) is 3. The van der Waals surface area contributed by atoms with Gasteiger partial charge < -0.3 is 10.2 Å². The van der Waals surface area contributed by atoms with Crippen LogP contribution in [0, 0.1) is 11.6 Å². The molecule has 7 heteroatoms. The second-order valence-electron chi connectivity index (χ2n) is 6.54. The highest BCUT2D eigenvalue weighted by atomic mass is 19.1. The molecule has 1 atom stereocenters. The lowest BCUT2D eigenvalue weighted by atomic mass is 10.1. The van der Waals surface area contributed by atoms with E-state index in [1.54, 1.807) is 46.0 Å². The van der Waals surface area contributed by atoms with Crippen molar-refractivity contribution in [2.45, 2.75) is 19.5 Å². The van der Waals surface area contributed by atoms with Gasteiger partial charge in [0.15, 0.2) is 0 Å². The smallest absolute Gasteiger partial charge is 0.276 e. The van der Waals surface area contributed by atoms with Crippen LogP contribution in [0.15, 0.2) is 54.6 Å². The second kappa shape index (κ2) is 6.83. The number of para-hydroxylation sites is 1. The fraction of sp³-hybridized carbons (Fsp3) is 0.200. The molecule has 2 aromatic carbocycles. The standard InChI is InChI=1S/C20H18F2N4O/c1-13-12-25(16-8-6-14(21)7-9-16)20(27)19-10-15(24-26(13)19)11-23-18-5-3-2-4-17(18)22/h2-10,13,23H,11-12H2,1H3. The van der Waals surface area contributed by atoms with Gasteiger partial charge in [0.1, 0.15) is 17.3 Å². The van der Waals surface area contributed by atoms with Gasteiger partial charge in [0, 0.05) is 12.2 Å². The summed E-state index contributed by atoms with van der Waals surface area (Å²) in [6.45, 7) is 2.71. The van der Waals surface area contributed by atoms with Crippen molar-refractivity contribution in [3.05, 3.63) is 77.6 Å². The minimum absolute atomic E-state index is 0.0371. The summed E-state index contributed by atoms with van der Waals surface area (Å²) in [7, 11) is 0. The van der Waals surface area contributed by atoms with Crippen molar-refractivity contribution in [2.24, 2.45) is 0 Å². The summed E-state index contributed by atoms with van der Waals surface area (Å²) in [5.74, 6) is -0.874. The van der Waals surface area contributed by atoms with E-state index in [1.165, 1.54) is 18.2 Å². The molecule has 0 radical (unpaired) electrons. The van der Waals surface area contributed by atoms with E-state index >= 15 is 0 Å². The first-order valence-electron chi connectivity index (χ1n) is 8.67. The van der Waals surface area contributed by atoms with Crippen LogP contribution >= 0.6 is 0 Å². The van der Waals surface area contributed by atoms with E-state index in [9.17, 15) is 13.6 Å². The lowest BCUT2D eigenvalue weighted by Crippen LogP contribution is -2.42. The summed E-state index contributed by atoms with van der Waals surface area (Å²) in [5, 5.41) is 7.49. The van der Waals surface area contributed by atoms with Gasteiger partial charge in [-0.25, -0.2) is 8.78 Å². The van der Waals surface area contributed by atoms with E-state index in [0.717, 1.165) is 0 Å². The van der Waals surface area contributed by atoms with Crippen LogP contribution in [0.4, 0.5) is 20.2 Å². The van der Waals surface area contributed by atoms with E-state index in [2.05, 4.69) is 10.4 Å². The number of amides is 1. The van der Waals surface area contributed by atoms with Crippen LogP contribution in [0.2, 0.25) is 0 Å². The van der Waals surface area contributed by atoms with Crippen LogP contribution < -0.4 is 10.2 Å². The van der Waals surface area contributed by atoms with E-state index in [-0.39, 0.29) is 23.6 Å². The number of carbonyl (C=O) groups is 1. The van der Waals surface area contributed by atoms with Crippen LogP contribution in [-0.4, -0.2) is 22.2 Å². The fourth-order valence-corrected chi connectivity index (χ4v) is 3.22. The minimum Gasteiger partial charge on any atom is -0.377 e. The number of carbonyl (C=O) groups excluding carboxylic acids is 1. The molecule has 2 heterocycles. The van der Waals surface area contributed by atoms with Gasteiger partial charge in [-0.3, -0.25) is 9.48 Å². The summed E-state index contributed by atoms with van der Waals surface area (Å²) in [6.07, 6.45) is 0. The largest absolute Gasteiger partial charge is 0.377 e. The maximum atomic E-state index is 13.7. The highest BCUT2D eigenvalue weighted by molar-refractivity contribution is 6.05. The molecule has 27 heavy (non-hydrogen) atoms. The minimum atomic E-state index is -0.345. The second-order valence-corrected chi connectivity index (χ2v) is 6.54. The van der Waals surface area contributed by atoms with Gasteiger partial charge in [0.2, 0.25) is 0 Å². The maximum absolute atomic E-state index is 13.7. The number of rotatable bonds is 4. The number of benzene rings is 2. The van der Waals surface area contributed by atoms with Crippen molar-refractivity contribution >= 4 is 17.3 Å². The predicted molar refractivity (Wildman–Crippen MR) is 98.7 cm³/mol. The average Bonchev–Trinajstić information content (AvgIpc) is 3.10. The molecule has 0 spiro atoms. The summed E-state index contributed by atoms with van der Waals surface area (Å²) < 4.78 is 28.6. The zero-order valence-electron chi connectivity index (χ0n) is 14.7. The summed E-state index contributed by atoms with van der Waals surface area (Å²) >= 11 is 0. The molecule has 1 amide bonds. The Kier molecular flexibility index (Phi) is 4.35. The molecular formula is C20H18F2N4O. The van der Waals surface area contributed by atoms with E-state index < -0.39 is 0 Å². The first-order chi connectivity index (χ1) is 13.0. The maximum Gasteiger partial charge on any atom is 0.276 e. The third-order valence-corrected chi connectivity index (χ3v) is 4.59. The number of aromatic nitrogens is 2. The third kappa shape index (κ3) is 3.28. The molecule has 1 aliphatic heterocycles. The molecule has 0 aliphatic carbocycles. The van der Waals surface area contributed by atoms with E-state index in [0.29, 0.717) is 35.9 Å². The van der Waals surface area contributed by atoms with Crippen molar-refractivity contribution in [3.63, 3.8) is 0 Å². The topological polar surface area (TPSA) is 50.2 Å². The molecular weight excluding hydrogens is 350 g/mol. The van der Waals surface area contributed by atoms with Crippen LogP contribution in [0.25, 0.3) is 0 Å². The van der Waals surface area contributed by atoms with Crippen LogP contribution in [0.1, 0.15) is 29.1 Å². The number of hydrogen-bond acceptors (Lipinski definition) is 3. The third-order valence-electron chi connectivity index (χ3n) is 4.59. The van der Waals surface area contributed by atoms with Crippen molar-refractivity contribution in [2.75, 3.05) is 16.8 Å². The molecule has 5 nitrogen and oxygen atoms in total. The Morgan fingerprint density at radius 3 is 2.63 bits per heavy atom. The van der Waals surface area contributed by atoms with Crippen molar-refractivity contribution in [1.82, 2.24) is 9.78 Å². The number of nitrogens with one attached hydrogen (secondary N) is 1. The summed E-state index contributed by atoms with van der Waals surface area (Å²) in [6, 6.07) is 13.9. The Bertz CT molecular complexity index is 984. The van der Waals surface area contributed by atoms with Gasteiger partial charge in [0.25, 0.3) is 5.91 Å². The van der Waals surface area contributed by atoms with E-state index in [4.69, 9.17) is 0 Å². The Morgan fingerprint density at radius 1 is 1.15 bits per heavy atom. The molecule has 138 valence electrons. The molecule has 0 fully saturated rings. The molecule has 1 aliphatic rings. The number of hydrogen-bond donors (Lipinski definition) is 1. The summed E-state index contributed by atoms with van der Waals surface area (Å²) in [5.41, 5.74) is 2.14. The van der Waals surface area contributed by atoms with Gasteiger partial charge in [0.05, 0.1) is 24.0 Å². The molecule has 0 saturated heterocycles. The van der Waals surface area contributed by atoms with Crippen molar-refractivity contribution in [1.29, 1.82) is 0 Å². The van der Waals surface area contributed by atoms with E-state index in [1.807, 2.05) is 6.92 Å². The fourth-order valence-electron chi connectivity index (χ4n) is 3.22. The Hall–Kier alpha value is -3.22. The molecule has 0 saturated carbocycles. The Balaban J connectivity index is 1.56. The average molecular weight is 368 g/mol. The zero-order valence-corrected chi connectivity index (χ0v) is 14.7. The van der Waals surface area contributed by atoms with Gasteiger partial charge in [-0.1, -0.05) is 12.1 Å². The molecule has 4 rings (SSSR count). The monoisotopic (exact) mass is 368 g/mol. The van der Waals surface area contributed by atoms with Crippen molar-refractivity contribution in [3.8, 4) is 0 Å². The van der Waals surface area contributed by atoms with Crippen molar-refractivity contribution < 1.29 is 13.6 Å². The highest BCUT2D eigenvalue weighted by Gasteiger charge is 2.31. The van der Waals surface area contributed by atoms with Gasteiger partial charge >= 0.3 is 0 Å². The SMILES string of the molecule is CC1CN(c2ccc(F)cc2)C(=O)c2cc(CNc3ccccc3F)nn21. The zero-order chi connectivity index (χ0) is 19.0. The number of anilines is 2. The molecule has 1 unspecified atom stereocenters. The number of fused-ring (bicyclic) bond motifs is 1. The van der Waals surface area contributed by atoms with Crippen LogP contribution in [-0.2, 0) is 6.54 Å². The first-order valence-corrected chi connectivity index (χ1v) is 8.67. The quantitative estimate of drug-likeness (QED) is 0.757. The Morgan fingerprint density at radius 2 is 1.89 bits per heavy atom. The highest BCUT2D eigenvalue weighted by Crippen LogP contribution is 2.27. The molecule has 1 aromatic heterocycles. The van der Waals surface area contributed by atoms with Gasteiger partial charge in [-0.15, -0.1) is 0 Å². The van der Waals surface area contributed by atoms with Crippen LogP contribution in [0.5, 0.6) is 0 Å². The number of halogens is 2. The lowest BCUT2D eigenvalue weighted by molar-refractivity contribution is 0.0953.